The minimum atomic E-state index is -4.55. The first-order valence-electron chi connectivity index (χ1n) is 12.6. The molecule has 3 aromatic heterocycles. The second-order valence-corrected chi connectivity index (χ2v) is 10.8. The third-order valence-corrected chi connectivity index (χ3v) is 8.38. The molecule has 4 aromatic rings. The molecule has 0 radical (unpaired) electrons. The molecule has 1 aromatic carbocycles. The molecule has 208 valence electrons. The number of nitrogens with zero attached hydrogens (tertiary/aromatic N) is 6. The van der Waals surface area contributed by atoms with Gasteiger partial charge in [0.25, 0.3) is 5.91 Å². The van der Waals surface area contributed by atoms with Crippen LogP contribution in [0, 0.1) is 5.82 Å². The van der Waals surface area contributed by atoms with Crippen LogP contribution in [0.1, 0.15) is 23.5 Å². The molecule has 6 rings (SSSR count). The molecule has 1 saturated heterocycles. The Hall–Kier alpha value is -4.13. The van der Waals surface area contributed by atoms with E-state index in [0.717, 1.165) is 22.4 Å². The highest BCUT2D eigenvalue weighted by atomic mass is 32.1. The molecule has 1 atom stereocenters. The Morgan fingerprint density at radius 1 is 1.05 bits per heavy atom. The number of anilines is 2. The molecular weight excluding hydrogens is 546 g/mol. The molecular formula is C27H25F4N7OS. The second-order valence-electron chi connectivity index (χ2n) is 9.72. The summed E-state index contributed by atoms with van der Waals surface area (Å²) in [6.07, 6.45) is -2.90. The lowest BCUT2D eigenvalue weighted by molar-refractivity contribution is -0.141. The normalized spacial score (nSPS) is 17.7. The van der Waals surface area contributed by atoms with E-state index in [9.17, 15) is 22.4 Å². The van der Waals surface area contributed by atoms with E-state index in [4.69, 9.17) is 0 Å². The number of benzene rings is 1. The second kappa shape index (κ2) is 9.81. The van der Waals surface area contributed by atoms with E-state index in [-0.39, 0.29) is 11.7 Å². The fourth-order valence-electron chi connectivity index (χ4n) is 5.21. The summed E-state index contributed by atoms with van der Waals surface area (Å²) in [5.74, 6) is 0.287. The van der Waals surface area contributed by atoms with Crippen molar-refractivity contribution in [1.29, 1.82) is 0 Å². The van der Waals surface area contributed by atoms with Gasteiger partial charge in [0.15, 0.2) is 5.69 Å². The van der Waals surface area contributed by atoms with E-state index >= 15 is 0 Å². The van der Waals surface area contributed by atoms with Gasteiger partial charge in [0.05, 0.1) is 22.3 Å². The number of halogens is 4. The molecule has 8 nitrogen and oxygen atoms in total. The first-order chi connectivity index (χ1) is 19.1. The topological polar surface area (TPSA) is 71.2 Å². The van der Waals surface area contributed by atoms with Crippen molar-refractivity contribution < 1.29 is 22.4 Å². The summed E-state index contributed by atoms with van der Waals surface area (Å²) in [5.41, 5.74) is 1.50. The highest BCUT2D eigenvalue weighted by molar-refractivity contribution is 7.15. The zero-order valence-corrected chi connectivity index (χ0v) is 22.4. The number of thiophene rings is 1. The lowest BCUT2D eigenvalue weighted by Crippen LogP contribution is -2.50. The van der Waals surface area contributed by atoms with Gasteiger partial charge in [-0.15, -0.1) is 11.3 Å². The van der Waals surface area contributed by atoms with Crippen molar-refractivity contribution in [1.82, 2.24) is 24.5 Å². The zero-order valence-electron chi connectivity index (χ0n) is 21.6. The van der Waals surface area contributed by atoms with Gasteiger partial charge in [-0.3, -0.25) is 9.48 Å². The number of piperazine rings is 1. The van der Waals surface area contributed by atoms with Gasteiger partial charge in [0.2, 0.25) is 0 Å². The number of aryl methyl sites for hydroxylation is 1. The summed E-state index contributed by atoms with van der Waals surface area (Å²) < 4.78 is 56.1. The average Bonchev–Trinajstić information content (AvgIpc) is 3.67. The molecule has 1 unspecified atom stereocenters. The molecule has 5 heterocycles. The smallest absolute Gasteiger partial charge is 0.368 e. The van der Waals surface area contributed by atoms with Gasteiger partial charge in [0.1, 0.15) is 17.7 Å². The number of rotatable bonds is 4. The number of aromatic nitrogens is 4. The van der Waals surface area contributed by atoms with Gasteiger partial charge in [0, 0.05) is 55.6 Å². The van der Waals surface area contributed by atoms with Gasteiger partial charge in [-0.2, -0.15) is 23.4 Å². The average molecular weight is 572 g/mol. The number of amides is 1. The van der Waals surface area contributed by atoms with Crippen molar-refractivity contribution in [2.75, 3.05) is 36.4 Å². The number of carbonyl (C=O) groups excluding carboxylic acids is 1. The van der Waals surface area contributed by atoms with Crippen LogP contribution in [-0.2, 0) is 18.0 Å². The highest BCUT2D eigenvalue weighted by Gasteiger charge is 2.38. The van der Waals surface area contributed by atoms with E-state index < -0.39 is 17.9 Å². The standard InChI is InChI=1S/C27H25F4N7OS/c1-16-24(26(39)37-13-11-36(12-14-37)18-5-3-17(28)4-6-18)25(38-23(33-16)9-10-32-38)21-8-7-20(40-21)19-15-22(27(29,30)31)34-35(19)2/h3-10,15,25,33H,11-14H2,1-2H3. The Balaban J connectivity index is 1.29. The van der Waals surface area contributed by atoms with E-state index in [0.29, 0.717) is 48.0 Å². The van der Waals surface area contributed by atoms with Gasteiger partial charge >= 0.3 is 6.18 Å². The maximum Gasteiger partial charge on any atom is 0.435 e. The number of hydrogen-bond acceptors (Lipinski definition) is 6. The van der Waals surface area contributed by atoms with E-state index in [1.54, 1.807) is 34.0 Å². The summed E-state index contributed by atoms with van der Waals surface area (Å²) in [6.45, 7) is 4.00. The van der Waals surface area contributed by atoms with Crippen LogP contribution >= 0.6 is 11.3 Å². The maximum absolute atomic E-state index is 14.0. The van der Waals surface area contributed by atoms with Crippen molar-refractivity contribution >= 4 is 28.7 Å². The van der Waals surface area contributed by atoms with Crippen molar-refractivity contribution in [2.45, 2.75) is 19.1 Å². The van der Waals surface area contributed by atoms with Crippen LogP contribution in [0.25, 0.3) is 10.6 Å². The Morgan fingerprint density at radius 3 is 2.45 bits per heavy atom. The quantitative estimate of drug-likeness (QED) is 0.344. The van der Waals surface area contributed by atoms with Crippen molar-refractivity contribution in [3.63, 3.8) is 0 Å². The van der Waals surface area contributed by atoms with Gasteiger partial charge in [-0.25, -0.2) is 9.07 Å². The van der Waals surface area contributed by atoms with Gasteiger partial charge in [-0.1, -0.05) is 0 Å². The largest absolute Gasteiger partial charge is 0.435 e. The third-order valence-electron chi connectivity index (χ3n) is 7.22. The lowest BCUT2D eigenvalue weighted by atomic mass is 9.99. The molecule has 13 heteroatoms. The minimum Gasteiger partial charge on any atom is -0.368 e. The van der Waals surface area contributed by atoms with Crippen LogP contribution in [-0.4, -0.2) is 56.5 Å². The Labute approximate surface area is 231 Å². The Morgan fingerprint density at radius 2 is 1.77 bits per heavy atom. The summed E-state index contributed by atoms with van der Waals surface area (Å²) in [4.78, 5) is 19.3. The van der Waals surface area contributed by atoms with Crippen molar-refractivity contribution in [3.05, 3.63) is 82.4 Å². The Kier molecular flexibility index (Phi) is 6.40. The predicted octanol–water partition coefficient (Wildman–Crippen LogP) is 5.14. The highest BCUT2D eigenvalue weighted by Crippen LogP contribution is 2.42. The molecule has 2 aliphatic rings. The molecule has 2 aliphatic heterocycles. The molecule has 1 amide bonds. The van der Waals surface area contributed by atoms with E-state index in [2.05, 4.69) is 20.4 Å². The summed E-state index contributed by atoms with van der Waals surface area (Å²) >= 11 is 1.31. The SMILES string of the molecule is CC1=C(C(=O)N2CCN(c3ccc(F)cc3)CC2)C(c2ccc(-c3cc(C(F)(F)F)nn3C)s2)n2nccc2N1. The molecule has 1 fully saturated rings. The third kappa shape index (κ3) is 4.63. The van der Waals surface area contributed by atoms with Crippen LogP contribution in [0.5, 0.6) is 0 Å². The molecule has 40 heavy (non-hydrogen) atoms. The van der Waals surface area contributed by atoms with E-state index in [1.807, 2.05) is 19.1 Å². The van der Waals surface area contributed by atoms with Crippen LogP contribution in [0.2, 0.25) is 0 Å². The maximum atomic E-state index is 14.0. The summed E-state index contributed by atoms with van der Waals surface area (Å²) in [5, 5.41) is 11.4. The monoisotopic (exact) mass is 571 g/mol. The lowest BCUT2D eigenvalue weighted by Gasteiger charge is -2.38. The zero-order chi connectivity index (χ0) is 28.2. The molecule has 0 aliphatic carbocycles. The van der Waals surface area contributed by atoms with E-state index in [1.165, 1.54) is 35.2 Å². The van der Waals surface area contributed by atoms with Crippen LogP contribution in [0.15, 0.2) is 66.0 Å². The van der Waals surface area contributed by atoms with Crippen molar-refractivity contribution in [3.8, 4) is 10.6 Å². The fraction of sp³-hybridized carbons (Fsp3) is 0.296. The van der Waals surface area contributed by atoms with Gasteiger partial charge < -0.3 is 15.1 Å². The summed E-state index contributed by atoms with van der Waals surface area (Å²) in [6, 6.07) is 12.2. The first-order valence-corrected chi connectivity index (χ1v) is 13.4. The van der Waals surface area contributed by atoms with Crippen LogP contribution in [0.3, 0.4) is 0 Å². The fourth-order valence-corrected chi connectivity index (χ4v) is 6.36. The number of nitrogens with one attached hydrogen (secondary N) is 1. The minimum absolute atomic E-state index is 0.134. The van der Waals surface area contributed by atoms with Crippen LogP contribution in [0.4, 0.5) is 29.1 Å². The molecule has 0 saturated carbocycles. The summed E-state index contributed by atoms with van der Waals surface area (Å²) in [7, 11) is 1.48. The van der Waals surface area contributed by atoms with Crippen LogP contribution < -0.4 is 10.2 Å². The molecule has 0 spiro atoms. The number of carbonyl (C=O) groups is 1. The molecule has 1 N–H and O–H groups in total. The predicted molar refractivity (Wildman–Crippen MR) is 143 cm³/mol. The first kappa shape index (κ1) is 26.1. The number of alkyl halides is 3. The van der Waals surface area contributed by atoms with Crippen molar-refractivity contribution in [2.24, 2.45) is 7.05 Å². The Bertz CT molecular complexity index is 1590. The van der Waals surface area contributed by atoms with Gasteiger partial charge in [-0.05, 0) is 49.4 Å². The molecule has 0 bridgehead atoms. The number of allylic oxidation sites excluding steroid dienone is 1. The number of hydrogen-bond donors (Lipinski definition) is 1. The number of fused-ring (bicyclic) bond motifs is 1.